The van der Waals surface area contributed by atoms with Crippen LogP contribution in [-0.2, 0) is 13.0 Å². The molecule has 0 fully saturated rings. The summed E-state index contributed by atoms with van der Waals surface area (Å²) in [6, 6.07) is 4.82. The number of amides is 1. The number of aromatic nitrogens is 1. The van der Waals surface area contributed by atoms with E-state index in [1.807, 2.05) is 6.92 Å². The summed E-state index contributed by atoms with van der Waals surface area (Å²) in [5, 5.41) is 19.3. The third kappa shape index (κ3) is 2.25. The van der Waals surface area contributed by atoms with Crippen molar-refractivity contribution in [2.45, 2.75) is 19.9 Å². The van der Waals surface area contributed by atoms with Crippen LogP contribution in [0.1, 0.15) is 27.4 Å². The van der Waals surface area contributed by atoms with Crippen LogP contribution in [0.15, 0.2) is 22.7 Å². The fourth-order valence-electron chi connectivity index (χ4n) is 2.24. The maximum Gasteiger partial charge on any atom is 0.294 e. The average molecular weight is 273 g/mol. The lowest BCUT2D eigenvalue weighted by Crippen LogP contribution is -2.25. The summed E-state index contributed by atoms with van der Waals surface area (Å²) < 4.78 is 5.16. The molecule has 6 nitrogen and oxygen atoms in total. The normalized spacial score (nSPS) is 13.8. The largest absolute Gasteiger partial charge is 0.508 e. The molecule has 2 aromatic rings. The van der Waals surface area contributed by atoms with Crippen molar-refractivity contribution < 1.29 is 14.4 Å². The number of aromatic hydroxyl groups is 1. The number of benzene rings is 1. The molecule has 0 saturated carbocycles. The first kappa shape index (κ1) is 12.7. The molecule has 1 amide bonds. The van der Waals surface area contributed by atoms with Crippen LogP contribution in [0.25, 0.3) is 0 Å². The number of nitrogens with one attached hydrogen (secondary N) is 2. The predicted octanol–water partition coefficient (Wildman–Crippen LogP) is 1.59. The van der Waals surface area contributed by atoms with E-state index in [1.54, 1.807) is 12.1 Å². The number of anilines is 1. The van der Waals surface area contributed by atoms with E-state index >= 15 is 0 Å². The van der Waals surface area contributed by atoms with Gasteiger partial charge in [-0.15, -0.1) is 0 Å². The van der Waals surface area contributed by atoms with Gasteiger partial charge in [-0.1, -0.05) is 11.2 Å². The summed E-state index contributed by atoms with van der Waals surface area (Å²) in [4.78, 5) is 12.3. The van der Waals surface area contributed by atoms with Crippen molar-refractivity contribution in [2.24, 2.45) is 0 Å². The van der Waals surface area contributed by atoms with E-state index < -0.39 is 0 Å². The number of carbonyl (C=O) groups is 1. The van der Waals surface area contributed by atoms with Gasteiger partial charge in [-0.3, -0.25) is 4.79 Å². The van der Waals surface area contributed by atoms with E-state index in [0.29, 0.717) is 12.2 Å². The lowest BCUT2D eigenvalue weighted by molar-refractivity contribution is 0.0986. The van der Waals surface area contributed by atoms with Crippen molar-refractivity contribution in [1.82, 2.24) is 10.5 Å². The Bertz CT molecular complexity index is 664. The third-order valence-electron chi connectivity index (χ3n) is 3.39. The Balaban J connectivity index is 1.86. The van der Waals surface area contributed by atoms with E-state index in [-0.39, 0.29) is 17.4 Å². The van der Waals surface area contributed by atoms with Crippen LogP contribution in [0.5, 0.6) is 5.75 Å². The van der Waals surface area contributed by atoms with E-state index in [9.17, 15) is 9.90 Å². The number of carbonyl (C=O) groups excluding carboxylic acids is 1. The Kier molecular flexibility index (Phi) is 3.15. The van der Waals surface area contributed by atoms with Crippen molar-refractivity contribution in [3.05, 3.63) is 40.8 Å². The maximum absolute atomic E-state index is 12.3. The minimum Gasteiger partial charge on any atom is -0.508 e. The van der Waals surface area contributed by atoms with Gasteiger partial charge in [0.2, 0.25) is 5.76 Å². The Hall–Kier alpha value is -2.34. The Morgan fingerprint density at radius 2 is 2.35 bits per heavy atom. The van der Waals surface area contributed by atoms with Gasteiger partial charge in [-0.05, 0) is 18.6 Å². The number of aryl methyl sites for hydroxylation is 1. The van der Waals surface area contributed by atoms with Gasteiger partial charge >= 0.3 is 0 Å². The summed E-state index contributed by atoms with van der Waals surface area (Å²) in [7, 11) is 0. The highest BCUT2D eigenvalue weighted by molar-refractivity contribution is 6.03. The van der Waals surface area contributed by atoms with Crippen LogP contribution in [-0.4, -0.2) is 22.7 Å². The van der Waals surface area contributed by atoms with Gasteiger partial charge in [0.25, 0.3) is 5.91 Å². The fraction of sp³-hybridized carbons (Fsp3) is 0.286. The number of nitrogens with zero attached hydrogens (tertiary/aromatic N) is 1. The molecule has 3 rings (SSSR count). The van der Waals surface area contributed by atoms with Gasteiger partial charge in [-0.25, -0.2) is 0 Å². The second kappa shape index (κ2) is 4.97. The van der Waals surface area contributed by atoms with Crippen LogP contribution < -0.4 is 10.6 Å². The van der Waals surface area contributed by atoms with Crippen LogP contribution >= 0.6 is 0 Å². The van der Waals surface area contributed by atoms with Gasteiger partial charge in [0.05, 0.1) is 5.69 Å². The molecule has 0 aliphatic carbocycles. The summed E-state index contributed by atoms with van der Waals surface area (Å²) in [6.07, 6.45) is 0.761. The predicted molar refractivity (Wildman–Crippen MR) is 72.7 cm³/mol. The minimum atomic E-state index is -0.351. The van der Waals surface area contributed by atoms with Gasteiger partial charge in [-0.2, -0.15) is 0 Å². The number of hydrogen-bond acceptors (Lipinski definition) is 5. The molecule has 104 valence electrons. The lowest BCUT2D eigenvalue weighted by atomic mass is 10.1. The lowest BCUT2D eigenvalue weighted by Gasteiger charge is -2.12. The first-order valence-corrected chi connectivity index (χ1v) is 6.44. The molecule has 3 N–H and O–H groups in total. The van der Waals surface area contributed by atoms with Crippen molar-refractivity contribution in [3.8, 4) is 5.75 Å². The molecule has 1 aliphatic heterocycles. The molecule has 1 aromatic carbocycles. The zero-order valence-electron chi connectivity index (χ0n) is 11.1. The first-order chi connectivity index (χ1) is 9.65. The van der Waals surface area contributed by atoms with Gasteiger partial charge in [0.1, 0.15) is 5.75 Å². The number of rotatable bonds is 2. The second-order valence-electron chi connectivity index (χ2n) is 4.82. The fourth-order valence-corrected chi connectivity index (χ4v) is 2.24. The second-order valence-corrected chi connectivity index (χ2v) is 4.82. The Morgan fingerprint density at radius 3 is 3.20 bits per heavy atom. The quantitative estimate of drug-likeness (QED) is 0.773. The molecular weight excluding hydrogens is 258 g/mol. The standard InChI is InChI=1S/C14H15N3O3/c1-8-2-3-9(18)6-12(8)16-14(19)13-10-7-15-5-4-11(10)17-20-13/h2-3,6,15,18H,4-5,7H2,1H3,(H,16,19). The van der Waals surface area contributed by atoms with E-state index in [1.165, 1.54) is 6.07 Å². The molecule has 6 heteroatoms. The van der Waals surface area contributed by atoms with Crippen LogP contribution in [0, 0.1) is 6.92 Å². The highest BCUT2D eigenvalue weighted by Crippen LogP contribution is 2.23. The third-order valence-corrected chi connectivity index (χ3v) is 3.39. The molecule has 0 radical (unpaired) electrons. The van der Waals surface area contributed by atoms with E-state index in [2.05, 4.69) is 15.8 Å². The van der Waals surface area contributed by atoms with E-state index in [0.717, 1.165) is 29.8 Å². The SMILES string of the molecule is Cc1ccc(O)cc1NC(=O)c1onc2c1CNCC2. The summed E-state index contributed by atoms with van der Waals surface area (Å²) in [6.45, 7) is 3.28. The van der Waals surface area contributed by atoms with Gasteiger partial charge in [0.15, 0.2) is 0 Å². The molecule has 20 heavy (non-hydrogen) atoms. The molecule has 1 aliphatic rings. The Morgan fingerprint density at radius 1 is 1.50 bits per heavy atom. The molecule has 0 atom stereocenters. The molecule has 0 spiro atoms. The molecule has 2 heterocycles. The molecule has 1 aromatic heterocycles. The zero-order valence-corrected chi connectivity index (χ0v) is 11.1. The van der Waals surface area contributed by atoms with E-state index in [4.69, 9.17) is 4.52 Å². The van der Waals surface area contributed by atoms with Crippen LogP contribution in [0.2, 0.25) is 0 Å². The van der Waals surface area contributed by atoms with Gasteiger partial charge < -0.3 is 20.3 Å². The highest BCUT2D eigenvalue weighted by atomic mass is 16.5. The number of phenols is 1. The molecule has 0 bridgehead atoms. The van der Waals surface area contributed by atoms with Gasteiger partial charge in [0, 0.05) is 36.8 Å². The topological polar surface area (TPSA) is 87.4 Å². The maximum atomic E-state index is 12.3. The molecular formula is C14H15N3O3. The highest BCUT2D eigenvalue weighted by Gasteiger charge is 2.24. The summed E-state index contributed by atoms with van der Waals surface area (Å²) in [5.74, 6) is -0.0155. The molecule has 0 unspecified atom stereocenters. The van der Waals surface area contributed by atoms with Crippen LogP contribution in [0.4, 0.5) is 5.69 Å². The van der Waals surface area contributed by atoms with Crippen molar-refractivity contribution >= 4 is 11.6 Å². The minimum absolute atomic E-state index is 0.104. The monoisotopic (exact) mass is 273 g/mol. The average Bonchev–Trinajstić information content (AvgIpc) is 2.87. The smallest absolute Gasteiger partial charge is 0.294 e. The summed E-state index contributed by atoms with van der Waals surface area (Å²) >= 11 is 0. The van der Waals surface area contributed by atoms with Crippen molar-refractivity contribution in [3.63, 3.8) is 0 Å². The Labute approximate surface area is 115 Å². The van der Waals surface area contributed by atoms with Crippen molar-refractivity contribution in [2.75, 3.05) is 11.9 Å². The molecule has 0 saturated heterocycles. The first-order valence-electron chi connectivity index (χ1n) is 6.44. The van der Waals surface area contributed by atoms with Crippen molar-refractivity contribution in [1.29, 1.82) is 0 Å². The number of hydrogen-bond donors (Lipinski definition) is 3. The van der Waals surface area contributed by atoms with Crippen LogP contribution in [0.3, 0.4) is 0 Å². The number of fused-ring (bicyclic) bond motifs is 1. The number of phenolic OH excluding ortho intramolecular Hbond substituents is 1. The zero-order chi connectivity index (χ0) is 14.1. The summed E-state index contributed by atoms with van der Waals surface area (Å²) in [5.41, 5.74) is 3.07.